The molecule has 0 aliphatic heterocycles. The fourth-order valence-corrected chi connectivity index (χ4v) is 3.03. The minimum Gasteiger partial charge on any atom is -0.368 e. The predicted octanol–water partition coefficient (Wildman–Crippen LogP) is 4.45. The molecule has 6 heteroatoms. The van der Waals surface area contributed by atoms with E-state index in [9.17, 15) is 0 Å². The Kier molecular flexibility index (Phi) is 5.15. The van der Waals surface area contributed by atoms with Gasteiger partial charge >= 0.3 is 0 Å². The van der Waals surface area contributed by atoms with Gasteiger partial charge in [0.2, 0.25) is 0 Å². The number of nitriles is 1. The molecule has 0 amide bonds. The summed E-state index contributed by atoms with van der Waals surface area (Å²) in [7, 11) is 0. The van der Waals surface area contributed by atoms with Crippen LogP contribution in [0.25, 0.3) is 11.3 Å². The van der Waals surface area contributed by atoms with E-state index in [2.05, 4.69) is 40.4 Å². The Morgan fingerprint density at radius 1 is 1.12 bits per heavy atom. The average Bonchev–Trinajstić information content (AvgIpc) is 2.67. The van der Waals surface area contributed by atoms with Crippen LogP contribution in [0.4, 0.5) is 5.82 Å². The third-order valence-corrected chi connectivity index (χ3v) is 4.47. The van der Waals surface area contributed by atoms with Crippen LogP contribution >= 0.6 is 11.6 Å². The molecule has 0 saturated heterocycles. The van der Waals surface area contributed by atoms with Gasteiger partial charge in [-0.2, -0.15) is 5.26 Å². The summed E-state index contributed by atoms with van der Waals surface area (Å²) in [5, 5.41) is 21.5. The summed E-state index contributed by atoms with van der Waals surface area (Å²) in [5.41, 5.74) is 2.85. The molecule has 130 valence electrons. The average molecular weight is 364 g/mol. The van der Waals surface area contributed by atoms with Crippen LogP contribution < -0.4 is 5.32 Å². The molecule has 2 heterocycles. The largest absolute Gasteiger partial charge is 0.368 e. The van der Waals surface area contributed by atoms with Gasteiger partial charge in [-0.25, -0.2) is 0 Å². The van der Waals surface area contributed by atoms with Gasteiger partial charge in [0.25, 0.3) is 0 Å². The summed E-state index contributed by atoms with van der Waals surface area (Å²) in [4.78, 5) is 4.05. The highest BCUT2D eigenvalue weighted by atomic mass is 35.5. The third-order valence-electron chi connectivity index (χ3n) is 4.14. The number of hydrogen-bond donors (Lipinski definition) is 1. The molecule has 0 saturated carbocycles. The summed E-state index contributed by atoms with van der Waals surface area (Å²) in [5.74, 6) is 0.679. The molecule has 3 aromatic rings. The van der Waals surface area contributed by atoms with Gasteiger partial charge in [0.15, 0.2) is 0 Å². The lowest BCUT2D eigenvalue weighted by Gasteiger charge is -2.26. The molecule has 0 radical (unpaired) electrons. The van der Waals surface area contributed by atoms with Crippen LogP contribution in [-0.2, 0) is 5.41 Å². The summed E-state index contributed by atoms with van der Waals surface area (Å²) in [6, 6.07) is 15.4. The number of hydrogen-bond acceptors (Lipinski definition) is 5. The van der Waals surface area contributed by atoms with Crippen molar-refractivity contribution >= 4 is 17.4 Å². The molecule has 1 N–H and O–H groups in total. The Balaban J connectivity index is 1.72. The van der Waals surface area contributed by atoms with Crippen LogP contribution in [0.2, 0.25) is 5.02 Å². The minimum absolute atomic E-state index is 0.163. The molecule has 0 unspecified atom stereocenters. The van der Waals surface area contributed by atoms with Crippen molar-refractivity contribution < 1.29 is 0 Å². The number of benzene rings is 1. The molecule has 0 atom stereocenters. The Morgan fingerprint density at radius 3 is 2.62 bits per heavy atom. The van der Waals surface area contributed by atoms with E-state index in [1.807, 2.05) is 36.4 Å². The van der Waals surface area contributed by atoms with E-state index in [0.717, 1.165) is 16.1 Å². The topological polar surface area (TPSA) is 74.5 Å². The summed E-state index contributed by atoms with van der Waals surface area (Å²) in [6.45, 7) is 4.92. The zero-order chi connectivity index (χ0) is 18.6. The van der Waals surface area contributed by atoms with E-state index in [-0.39, 0.29) is 5.41 Å². The first-order valence-electron chi connectivity index (χ1n) is 8.18. The molecule has 2 aromatic heterocycles. The second kappa shape index (κ2) is 7.51. The molecule has 3 rings (SSSR count). The Labute approximate surface area is 157 Å². The van der Waals surface area contributed by atoms with Crippen molar-refractivity contribution in [2.75, 3.05) is 11.9 Å². The summed E-state index contributed by atoms with van der Waals surface area (Å²) < 4.78 is 0. The van der Waals surface area contributed by atoms with Crippen LogP contribution in [-0.4, -0.2) is 21.7 Å². The first-order valence-corrected chi connectivity index (χ1v) is 8.55. The molecule has 0 aliphatic rings. The fourth-order valence-electron chi connectivity index (χ4n) is 2.64. The molecule has 0 bridgehead atoms. The SMILES string of the molecule is CC(C)(CNc1ccc(-c2cncc(C#N)c2)nn1)c1ccccc1Cl. The van der Waals surface area contributed by atoms with Gasteiger partial charge in [-0.3, -0.25) is 4.98 Å². The van der Waals surface area contributed by atoms with Gasteiger partial charge < -0.3 is 5.32 Å². The minimum atomic E-state index is -0.163. The Morgan fingerprint density at radius 2 is 1.92 bits per heavy atom. The maximum Gasteiger partial charge on any atom is 0.148 e. The smallest absolute Gasteiger partial charge is 0.148 e. The van der Waals surface area contributed by atoms with Crippen molar-refractivity contribution in [1.29, 1.82) is 5.26 Å². The third kappa shape index (κ3) is 3.98. The van der Waals surface area contributed by atoms with E-state index < -0.39 is 0 Å². The highest BCUT2D eigenvalue weighted by Crippen LogP contribution is 2.29. The molecular weight excluding hydrogens is 346 g/mol. The first kappa shape index (κ1) is 17.8. The maximum atomic E-state index is 8.97. The monoisotopic (exact) mass is 363 g/mol. The molecule has 0 aliphatic carbocycles. The number of rotatable bonds is 5. The Hall–Kier alpha value is -2.97. The van der Waals surface area contributed by atoms with Gasteiger partial charge in [0, 0.05) is 34.9 Å². The number of nitrogens with zero attached hydrogens (tertiary/aromatic N) is 4. The van der Waals surface area contributed by atoms with Gasteiger partial charge in [0.05, 0.1) is 11.3 Å². The molecule has 26 heavy (non-hydrogen) atoms. The highest BCUT2D eigenvalue weighted by Gasteiger charge is 2.23. The van der Waals surface area contributed by atoms with E-state index in [1.54, 1.807) is 12.3 Å². The fraction of sp³-hybridized carbons (Fsp3) is 0.200. The number of halogens is 1. The molecule has 5 nitrogen and oxygen atoms in total. The first-order chi connectivity index (χ1) is 12.5. The van der Waals surface area contributed by atoms with Crippen LogP contribution in [0.5, 0.6) is 0 Å². The van der Waals surface area contributed by atoms with Crippen molar-refractivity contribution in [3.8, 4) is 17.3 Å². The summed E-state index contributed by atoms with van der Waals surface area (Å²) >= 11 is 6.32. The normalized spacial score (nSPS) is 11.0. The van der Waals surface area contributed by atoms with Crippen molar-refractivity contribution in [2.45, 2.75) is 19.3 Å². The van der Waals surface area contributed by atoms with Gasteiger partial charge in [-0.15, -0.1) is 10.2 Å². The number of anilines is 1. The lowest BCUT2D eigenvalue weighted by molar-refractivity contribution is 0.556. The molecule has 0 fully saturated rings. The van der Waals surface area contributed by atoms with Crippen LogP contribution in [0.1, 0.15) is 25.0 Å². The predicted molar refractivity (Wildman–Crippen MR) is 103 cm³/mol. The molecule has 0 spiro atoms. The Bertz CT molecular complexity index is 945. The van der Waals surface area contributed by atoms with Crippen LogP contribution in [0.3, 0.4) is 0 Å². The van der Waals surface area contributed by atoms with E-state index >= 15 is 0 Å². The lowest BCUT2D eigenvalue weighted by Crippen LogP contribution is -2.28. The lowest BCUT2D eigenvalue weighted by atomic mass is 9.84. The zero-order valence-electron chi connectivity index (χ0n) is 14.6. The van der Waals surface area contributed by atoms with Gasteiger partial charge in [0.1, 0.15) is 11.9 Å². The van der Waals surface area contributed by atoms with E-state index in [4.69, 9.17) is 16.9 Å². The quantitative estimate of drug-likeness (QED) is 0.724. The second-order valence-electron chi connectivity index (χ2n) is 6.60. The number of pyridine rings is 1. The van der Waals surface area contributed by atoms with E-state index in [0.29, 0.717) is 23.6 Å². The van der Waals surface area contributed by atoms with Crippen molar-refractivity contribution in [3.63, 3.8) is 0 Å². The maximum absolute atomic E-state index is 8.97. The number of aromatic nitrogens is 3. The van der Waals surface area contributed by atoms with Crippen LogP contribution in [0, 0.1) is 11.3 Å². The standard InChI is InChI=1S/C20H18ClN5/c1-20(2,16-5-3-4-6-17(16)21)13-24-19-8-7-18(25-26-19)15-9-14(10-22)11-23-12-15/h3-9,11-12H,13H2,1-2H3,(H,24,26). The van der Waals surface area contributed by atoms with Crippen molar-refractivity contribution in [3.05, 3.63) is 71.0 Å². The zero-order valence-corrected chi connectivity index (χ0v) is 15.3. The molecular formula is C20H18ClN5. The second-order valence-corrected chi connectivity index (χ2v) is 7.00. The highest BCUT2D eigenvalue weighted by molar-refractivity contribution is 6.31. The van der Waals surface area contributed by atoms with Crippen molar-refractivity contribution in [1.82, 2.24) is 15.2 Å². The van der Waals surface area contributed by atoms with E-state index in [1.165, 1.54) is 6.20 Å². The number of nitrogens with one attached hydrogen (secondary N) is 1. The van der Waals surface area contributed by atoms with Crippen molar-refractivity contribution in [2.24, 2.45) is 0 Å². The van der Waals surface area contributed by atoms with Gasteiger partial charge in [-0.05, 0) is 29.8 Å². The van der Waals surface area contributed by atoms with Gasteiger partial charge in [-0.1, -0.05) is 43.6 Å². The summed E-state index contributed by atoms with van der Waals surface area (Å²) in [6.07, 6.45) is 3.18. The van der Waals surface area contributed by atoms with Crippen LogP contribution in [0.15, 0.2) is 54.9 Å². The molecule has 1 aromatic carbocycles.